The van der Waals surface area contributed by atoms with E-state index in [2.05, 4.69) is 31.2 Å². The first kappa shape index (κ1) is 47.4. The molecular formula is C36H36F6N8O8. The summed E-state index contributed by atoms with van der Waals surface area (Å²) in [5.74, 6) is -8.05. The third-order valence-electron chi connectivity index (χ3n) is 7.60. The Morgan fingerprint density at radius 3 is 1.21 bits per heavy atom. The second-order valence-electron chi connectivity index (χ2n) is 11.8. The molecule has 16 nitrogen and oxygen atoms in total. The number of amides is 2. The monoisotopic (exact) mass is 822 g/mol. The molecule has 4 rings (SSSR count). The molecule has 0 atom stereocenters. The number of ketones is 2. The Kier molecular flexibility index (Phi) is 18.5. The molecule has 0 unspecified atom stereocenters. The van der Waals surface area contributed by atoms with Gasteiger partial charge in [-0.3, -0.25) is 19.2 Å². The van der Waals surface area contributed by atoms with Crippen LogP contribution in [0.4, 0.5) is 26.3 Å². The summed E-state index contributed by atoms with van der Waals surface area (Å²) in [6.07, 6.45) is -3.87. The lowest BCUT2D eigenvalue weighted by Gasteiger charge is -2.08. The molecule has 0 saturated carbocycles. The van der Waals surface area contributed by atoms with E-state index < -0.39 is 47.7 Å². The van der Waals surface area contributed by atoms with Gasteiger partial charge < -0.3 is 41.4 Å². The van der Waals surface area contributed by atoms with Crippen LogP contribution >= 0.6 is 0 Å². The number of Topliss-reactive ketones (excluding diaryl/α,β-unsaturated/α-hetero) is 2. The summed E-state index contributed by atoms with van der Waals surface area (Å²) in [4.78, 5) is 73.3. The normalized spacial score (nSPS) is 10.9. The lowest BCUT2D eigenvalue weighted by molar-refractivity contribution is -0.193. The van der Waals surface area contributed by atoms with Crippen LogP contribution in [0.15, 0.2) is 48.8 Å². The number of fused-ring (bicyclic) bond motifs is 2. The number of aliphatic carboxylic acids is 2. The number of alkyl halides is 6. The van der Waals surface area contributed by atoms with E-state index >= 15 is 0 Å². The molecule has 8 N–H and O–H groups in total. The zero-order valence-electron chi connectivity index (χ0n) is 30.2. The molecule has 2 amide bonds. The summed E-state index contributed by atoms with van der Waals surface area (Å²) in [5, 5.41) is 45.4. The Balaban J connectivity index is 0.000000707. The van der Waals surface area contributed by atoms with Gasteiger partial charge in [0.25, 0.3) is 23.4 Å². The number of nitriles is 2. The first-order valence-electron chi connectivity index (χ1n) is 17.0. The van der Waals surface area contributed by atoms with Gasteiger partial charge in [0.05, 0.1) is 34.4 Å². The lowest BCUT2D eigenvalue weighted by Crippen LogP contribution is -2.33. The minimum Gasteiger partial charge on any atom is -0.475 e. The first-order chi connectivity index (χ1) is 27.3. The molecule has 0 saturated heterocycles. The van der Waals surface area contributed by atoms with Crippen molar-refractivity contribution in [1.82, 2.24) is 31.2 Å². The van der Waals surface area contributed by atoms with E-state index in [1.165, 1.54) is 12.4 Å². The van der Waals surface area contributed by atoms with E-state index in [4.69, 9.17) is 30.3 Å². The lowest BCUT2D eigenvalue weighted by atomic mass is 10.1. The maximum Gasteiger partial charge on any atom is 0.490 e. The summed E-state index contributed by atoms with van der Waals surface area (Å²) in [6, 6.07) is 13.9. The van der Waals surface area contributed by atoms with E-state index in [1.807, 2.05) is 12.1 Å². The predicted octanol–water partition coefficient (Wildman–Crippen LogP) is 3.70. The van der Waals surface area contributed by atoms with E-state index in [9.17, 15) is 45.5 Å². The number of carbonyl (C=O) groups is 6. The molecule has 2 aromatic heterocycles. The highest BCUT2D eigenvalue weighted by Crippen LogP contribution is 2.21. The van der Waals surface area contributed by atoms with Crippen LogP contribution in [0, 0.1) is 22.7 Å². The van der Waals surface area contributed by atoms with Gasteiger partial charge in [0.1, 0.15) is 0 Å². The highest BCUT2D eigenvalue weighted by Gasteiger charge is 2.39. The number of hydrogen-bond donors (Lipinski definition) is 8. The number of halogens is 6. The van der Waals surface area contributed by atoms with Crippen molar-refractivity contribution < 1.29 is 65.3 Å². The third kappa shape index (κ3) is 15.4. The number of carbonyl (C=O) groups excluding carboxylic acids is 4. The van der Waals surface area contributed by atoms with Crippen LogP contribution in [-0.4, -0.2) is 107 Å². The van der Waals surface area contributed by atoms with Crippen LogP contribution in [0.2, 0.25) is 0 Å². The molecule has 0 aliphatic heterocycles. The number of nitrogens with zero attached hydrogens (tertiary/aromatic N) is 2. The van der Waals surface area contributed by atoms with Crippen molar-refractivity contribution in [1.29, 1.82) is 10.5 Å². The number of aromatic amines is 2. The van der Waals surface area contributed by atoms with Crippen molar-refractivity contribution in [3.63, 3.8) is 0 Å². The number of aromatic nitrogens is 2. The van der Waals surface area contributed by atoms with Gasteiger partial charge in [0, 0.05) is 47.3 Å². The highest BCUT2D eigenvalue weighted by molar-refractivity contribution is 6.45. The second-order valence-corrected chi connectivity index (χ2v) is 11.8. The fourth-order valence-electron chi connectivity index (χ4n) is 4.75. The van der Waals surface area contributed by atoms with Gasteiger partial charge in [-0.1, -0.05) is 12.1 Å². The number of rotatable bonds is 17. The van der Waals surface area contributed by atoms with Crippen LogP contribution in [0.25, 0.3) is 21.8 Å². The third-order valence-corrected chi connectivity index (χ3v) is 7.60. The van der Waals surface area contributed by atoms with Gasteiger partial charge in [-0.2, -0.15) is 36.9 Å². The van der Waals surface area contributed by atoms with Crippen LogP contribution in [0.3, 0.4) is 0 Å². The number of H-pyrrole nitrogens is 2. The molecule has 58 heavy (non-hydrogen) atoms. The molecule has 4 aromatic rings. The van der Waals surface area contributed by atoms with Crippen molar-refractivity contribution in [2.24, 2.45) is 0 Å². The van der Waals surface area contributed by atoms with Crippen LogP contribution in [0.5, 0.6) is 0 Å². The number of carboxylic acids is 2. The molecule has 0 spiro atoms. The summed E-state index contributed by atoms with van der Waals surface area (Å²) in [5.41, 5.74) is 2.79. The Morgan fingerprint density at radius 2 is 0.897 bits per heavy atom. The molecule has 0 aliphatic rings. The molecule has 2 heterocycles. The number of nitrogens with one attached hydrogen (secondary N) is 6. The Labute approximate surface area is 324 Å². The average Bonchev–Trinajstić information content (AvgIpc) is 3.80. The summed E-state index contributed by atoms with van der Waals surface area (Å²) in [7, 11) is 0. The number of benzene rings is 2. The van der Waals surface area contributed by atoms with Gasteiger partial charge in [0.2, 0.25) is 0 Å². The molecule has 2 aromatic carbocycles. The van der Waals surface area contributed by atoms with Crippen molar-refractivity contribution in [2.75, 3.05) is 39.3 Å². The topological polar surface area (TPSA) is 270 Å². The Bertz CT molecular complexity index is 2010. The molecule has 310 valence electrons. The van der Waals surface area contributed by atoms with Crippen LogP contribution in [0.1, 0.15) is 57.5 Å². The van der Waals surface area contributed by atoms with Gasteiger partial charge in [0.15, 0.2) is 0 Å². The smallest absolute Gasteiger partial charge is 0.475 e. The van der Waals surface area contributed by atoms with Gasteiger partial charge in [-0.05, 0) is 76.1 Å². The number of hydrogen-bond acceptors (Lipinski definition) is 10. The van der Waals surface area contributed by atoms with Gasteiger partial charge in [-0.15, -0.1) is 0 Å². The predicted molar refractivity (Wildman–Crippen MR) is 192 cm³/mol. The summed E-state index contributed by atoms with van der Waals surface area (Å²) >= 11 is 0. The largest absolute Gasteiger partial charge is 0.490 e. The van der Waals surface area contributed by atoms with E-state index in [-0.39, 0.29) is 11.1 Å². The molecule has 0 bridgehead atoms. The Hall–Kier alpha value is -6.78. The highest BCUT2D eigenvalue weighted by atomic mass is 19.4. The zero-order chi connectivity index (χ0) is 43.5. The van der Waals surface area contributed by atoms with Crippen molar-refractivity contribution in [3.8, 4) is 12.1 Å². The van der Waals surface area contributed by atoms with Crippen molar-refractivity contribution in [2.45, 2.75) is 38.0 Å². The maximum atomic E-state index is 12.5. The fourth-order valence-corrected chi connectivity index (χ4v) is 4.75. The van der Waals surface area contributed by atoms with Gasteiger partial charge in [-0.25, -0.2) is 9.59 Å². The SMILES string of the molecule is N#Cc1ccc2c(C(=O)C(=O)NCCCNCCCCNCCCNC(=O)C(=O)c3c[nH]c4cc(C#N)ccc34)c[nH]c2c1.O=C(O)C(F)(F)F.O=C(O)C(F)(F)F. The molecule has 0 fully saturated rings. The first-order valence-corrected chi connectivity index (χ1v) is 17.0. The van der Waals surface area contributed by atoms with Gasteiger partial charge >= 0.3 is 24.3 Å². The second kappa shape index (κ2) is 22.7. The minimum atomic E-state index is -5.08. The average molecular weight is 823 g/mol. The van der Waals surface area contributed by atoms with E-state index in [1.54, 1.807) is 36.4 Å². The van der Waals surface area contributed by atoms with Crippen LogP contribution < -0.4 is 21.3 Å². The standard InChI is InChI=1S/C32H34N8O4.2C2HF3O2/c33-17-21-5-7-23-25(19-39-27(23)15-21)29(41)31(43)37-13-3-11-35-9-1-2-10-36-12-4-14-38-32(44)30(42)26-20-40-28-16-22(18-34)6-8-24(26)28;2*3-2(4,5)1(6)7/h5-8,15-16,19-20,35-36,39-40H,1-4,9-14H2,(H,37,43)(H,38,44);2*(H,6,7). The van der Waals surface area contributed by atoms with Crippen molar-refractivity contribution >= 4 is 57.1 Å². The number of unbranched alkanes of at least 4 members (excludes halogenated alkanes) is 1. The quantitative estimate of drug-likeness (QED) is 0.0328. The Morgan fingerprint density at radius 1 is 0.569 bits per heavy atom. The van der Waals surface area contributed by atoms with Crippen molar-refractivity contribution in [3.05, 3.63) is 71.0 Å². The molecule has 22 heteroatoms. The minimum absolute atomic E-state index is 0.285. The van der Waals surface area contributed by atoms with Crippen LogP contribution in [-0.2, 0) is 19.2 Å². The molecule has 0 aliphatic carbocycles. The van der Waals surface area contributed by atoms with E-state index in [0.717, 1.165) is 25.9 Å². The maximum absolute atomic E-state index is 12.5. The summed E-state index contributed by atoms with van der Waals surface area (Å²) in [6.45, 7) is 3.85. The molecular weight excluding hydrogens is 786 g/mol. The zero-order valence-corrected chi connectivity index (χ0v) is 30.2. The van der Waals surface area contributed by atoms with E-state index in [0.29, 0.717) is 72.0 Å². The number of carboxylic acid groups (broad SMARTS) is 2. The summed E-state index contributed by atoms with van der Waals surface area (Å²) < 4.78 is 63.5. The molecule has 0 radical (unpaired) electrons. The fraction of sp³-hybridized carbons (Fsp3) is 0.333.